The lowest BCUT2D eigenvalue weighted by Crippen LogP contribution is -2.38. The molecule has 0 bridgehead atoms. The molecule has 4 heterocycles. The van der Waals surface area contributed by atoms with Crippen LogP contribution in [0.1, 0.15) is 38.1 Å². The normalized spacial score (nSPS) is 18.7. The third kappa shape index (κ3) is 5.06. The summed E-state index contributed by atoms with van der Waals surface area (Å²) in [6.07, 6.45) is 12.3. The molecule has 2 aromatic heterocycles. The summed E-state index contributed by atoms with van der Waals surface area (Å²) in [6.45, 7) is 9.02. The van der Waals surface area contributed by atoms with Crippen molar-refractivity contribution in [1.29, 1.82) is 0 Å². The molecule has 5 rings (SSSR count). The Morgan fingerprint density at radius 1 is 1.11 bits per heavy atom. The number of anilines is 2. The molecule has 1 atom stereocenters. The number of nitrogens with one attached hydrogen (secondary N) is 1. The zero-order chi connectivity index (χ0) is 24.2. The minimum atomic E-state index is 0.0667. The number of allylic oxidation sites excluding steroid dienone is 6. The maximum Gasteiger partial charge on any atom is 0.247 e. The zero-order valence-electron chi connectivity index (χ0n) is 20.4. The van der Waals surface area contributed by atoms with E-state index >= 15 is 0 Å². The largest absolute Gasteiger partial charge is 0.450 e. The van der Waals surface area contributed by atoms with Crippen LogP contribution in [-0.2, 0) is 4.74 Å². The van der Waals surface area contributed by atoms with Gasteiger partial charge >= 0.3 is 0 Å². The SMILES string of the molecule is C/C=C(\C=C/C=C(C)C)c1cc2nc(N3C=CC(c4ccccc4)N3)nc(N3CCOCC3)c2o1. The van der Waals surface area contributed by atoms with Crippen molar-refractivity contribution in [2.24, 2.45) is 0 Å². The van der Waals surface area contributed by atoms with Crippen molar-refractivity contribution in [2.45, 2.75) is 26.8 Å². The highest BCUT2D eigenvalue weighted by molar-refractivity contribution is 5.89. The van der Waals surface area contributed by atoms with Crippen molar-refractivity contribution in [3.63, 3.8) is 0 Å². The molecule has 0 spiro atoms. The van der Waals surface area contributed by atoms with Crippen LogP contribution >= 0.6 is 0 Å². The molecule has 0 radical (unpaired) electrons. The van der Waals surface area contributed by atoms with Crippen LogP contribution in [0.5, 0.6) is 0 Å². The quantitative estimate of drug-likeness (QED) is 0.474. The van der Waals surface area contributed by atoms with Gasteiger partial charge < -0.3 is 14.1 Å². The first-order valence-corrected chi connectivity index (χ1v) is 12.0. The van der Waals surface area contributed by atoms with Gasteiger partial charge in [0.15, 0.2) is 11.4 Å². The van der Waals surface area contributed by atoms with Gasteiger partial charge in [0.05, 0.1) is 19.3 Å². The Morgan fingerprint density at radius 3 is 2.66 bits per heavy atom. The average Bonchev–Trinajstić information content (AvgIpc) is 3.55. The van der Waals surface area contributed by atoms with Crippen LogP contribution in [0.2, 0.25) is 0 Å². The minimum Gasteiger partial charge on any atom is -0.450 e. The molecule has 35 heavy (non-hydrogen) atoms. The van der Waals surface area contributed by atoms with Crippen molar-refractivity contribution in [3.05, 3.63) is 89.9 Å². The lowest BCUT2D eigenvalue weighted by Gasteiger charge is -2.28. The van der Waals surface area contributed by atoms with Gasteiger partial charge in [-0.15, -0.1) is 0 Å². The van der Waals surface area contributed by atoms with E-state index in [1.165, 1.54) is 11.1 Å². The van der Waals surface area contributed by atoms with Crippen LogP contribution < -0.4 is 15.3 Å². The lowest BCUT2D eigenvalue weighted by atomic mass is 10.1. The van der Waals surface area contributed by atoms with Gasteiger partial charge in [-0.25, -0.2) is 10.4 Å². The summed E-state index contributed by atoms with van der Waals surface area (Å²) in [5, 5.41) is 1.89. The van der Waals surface area contributed by atoms with E-state index in [2.05, 4.69) is 54.5 Å². The van der Waals surface area contributed by atoms with Gasteiger partial charge in [-0.05, 0) is 32.4 Å². The van der Waals surface area contributed by atoms with Crippen molar-refractivity contribution in [2.75, 3.05) is 36.2 Å². The van der Waals surface area contributed by atoms with Crippen LogP contribution in [0, 0.1) is 0 Å². The first-order chi connectivity index (χ1) is 17.1. The summed E-state index contributed by atoms with van der Waals surface area (Å²) in [7, 11) is 0. The number of ether oxygens (including phenoxy) is 1. The fraction of sp³-hybridized carbons (Fsp3) is 0.286. The van der Waals surface area contributed by atoms with E-state index in [1.54, 1.807) is 0 Å². The standard InChI is InChI=1S/C28H31N5O2/c1-4-21(12-8-9-20(2)3)25-19-24-26(35-25)27(32-15-17-34-18-16-32)30-28(29-24)33-14-13-23(31-33)22-10-6-5-7-11-22/h4-14,19,23,31H,15-18H2,1-3H3/b12-8-,21-4+. The molecule has 3 aromatic rings. The molecule has 0 amide bonds. The second kappa shape index (κ2) is 10.3. The molecule has 0 aliphatic carbocycles. The number of hydrazine groups is 1. The Morgan fingerprint density at radius 2 is 1.91 bits per heavy atom. The summed E-state index contributed by atoms with van der Waals surface area (Å²) >= 11 is 0. The fourth-order valence-corrected chi connectivity index (χ4v) is 4.19. The molecular formula is C28H31N5O2. The molecule has 1 unspecified atom stereocenters. The zero-order valence-corrected chi connectivity index (χ0v) is 20.4. The molecule has 7 nitrogen and oxygen atoms in total. The maximum atomic E-state index is 6.37. The number of rotatable bonds is 6. The van der Waals surface area contributed by atoms with E-state index < -0.39 is 0 Å². The van der Waals surface area contributed by atoms with Crippen LogP contribution in [0.25, 0.3) is 16.7 Å². The lowest BCUT2D eigenvalue weighted by molar-refractivity contribution is 0.122. The molecule has 0 saturated carbocycles. The van der Waals surface area contributed by atoms with E-state index in [0.717, 1.165) is 35.8 Å². The Balaban J connectivity index is 1.51. The Bertz CT molecular complexity index is 1300. The second-order valence-corrected chi connectivity index (χ2v) is 8.85. The predicted octanol–water partition coefficient (Wildman–Crippen LogP) is 5.56. The Hall–Kier alpha value is -3.68. The molecule has 1 N–H and O–H groups in total. The van der Waals surface area contributed by atoms with E-state index in [1.807, 2.05) is 54.6 Å². The highest BCUT2D eigenvalue weighted by Gasteiger charge is 2.25. The monoisotopic (exact) mass is 469 g/mol. The number of morpholine rings is 1. The number of nitrogens with zero attached hydrogens (tertiary/aromatic N) is 4. The van der Waals surface area contributed by atoms with E-state index in [4.69, 9.17) is 19.1 Å². The van der Waals surface area contributed by atoms with Crippen molar-refractivity contribution in [3.8, 4) is 0 Å². The van der Waals surface area contributed by atoms with Gasteiger partial charge in [0.1, 0.15) is 11.3 Å². The highest BCUT2D eigenvalue weighted by atomic mass is 16.5. The maximum absolute atomic E-state index is 6.37. The summed E-state index contributed by atoms with van der Waals surface area (Å²) in [6, 6.07) is 12.4. The number of hydrogen-bond donors (Lipinski definition) is 1. The number of hydrogen-bond acceptors (Lipinski definition) is 7. The van der Waals surface area contributed by atoms with Gasteiger partial charge in [-0.2, -0.15) is 4.98 Å². The van der Waals surface area contributed by atoms with Crippen molar-refractivity contribution in [1.82, 2.24) is 15.4 Å². The topological polar surface area (TPSA) is 66.7 Å². The Kier molecular flexibility index (Phi) is 6.79. The molecule has 1 fully saturated rings. The first kappa shape index (κ1) is 23.1. The fourth-order valence-electron chi connectivity index (χ4n) is 4.19. The number of fused-ring (bicyclic) bond motifs is 1. The van der Waals surface area contributed by atoms with Gasteiger partial charge in [-0.3, -0.25) is 5.01 Å². The van der Waals surface area contributed by atoms with Crippen molar-refractivity contribution >= 4 is 28.4 Å². The number of benzene rings is 1. The summed E-state index contributed by atoms with van der Waals surface area (Å²) in [4.78, 5) is 12.0. The third-order valence-corrected chi connectivity index (χ3v) is 6.03. The summed E-state index contributed by atoms with van der Waals surface area (Å²) in [5.41, 5.74) is 8.39. The van der Waals surface area contributed by atoms with Gasteiger partial charge in [0.25, 0.3) is 0 Å². The summed E-state index contributed by atoms with van der Waals surface area (Å²) in [5.74, 6) is 2.15. The molecule has 1 aromatic carbocycles. The number of furan rings is 1. The molecule has 7 heteroatoms. The minimum absolute atomic E-state index is 0.0667. The molecular weight excluding hydrogens is 438 g/mol. The second-order valence-electron chi connectivity index (χ2n) is 8.85. The average molecular weight is 470 g/mol. The number of aromatic nitrogens is 2. The molecule has 2 aliphatic rings. The van der Waals surface area contributed by atoms with Gasteiger partial charge in [-0.1, -0.05) is 60.2 Å². The molecule has 2 aliphatic heterocycles. The van der Waals surface area contributed by atoms with E-state index in [0.29, 0.717) is 24.7 Å². The third-order valence-electron chi connectivity index (χ3n) is 6.03. The molecule has 1 saturated heterocycles. The van der Waals surface area contributed by atoms with Crippen LogP contribution in [0.4, 0.5) is 11.8 Å². The van der Waals surface area contributed by atoms with Gasteiger partial charge in [0, 0.05) is 30.9 Å². The van der Waals surface area contributed by atoms with Crippen LogP contribution in [0.15, 0.2) is 83.0 Å². The molecule has 180 valence electrons. The first-order valence-electron chi connectivity index (χ1n) is 12.0. The predicted molar refractivity (Wildman–Crippen MR) is 141 cm³/mol. The Labute approximate surface area is 206 Å². The van der Waals surface area contributed by atoms with Crippen LogP contribution in [0.3, 0.4) is 0 Å². The summed E-state index contributed by atoms with van der Waals surface area (Å²) < 4.78 is 11.9. The highest BCUT2D eigenvalue weighted by Crippen LogP contribution is 2.33. The smallest absolute Gasteiger partial charge is 0.247 e. The van der Waals surface area contributed by atoms with Crippen LogP contribution in [-0.4, -0.2) is 36.3 Å². The van der Waals surface area contributed by atoms with E-state index in [9.17, 15) is 0 Å². The van der Waals surface area contributed by atoms with Gasteiger partial charge in [0.2, 0.25) is 5.95 Å². The van der Waals surface area contributed by atoms with E-state index in [-0.39, 0.29) is 6.04 Å². The van der Waals surface area contributed by atoms with Crippen molar-refractivity contribution < 1.29 is 9.15 Å².